The molecule has 0 saturated heterocycles. The molecule has 1 aliphatic rings. The Morgan fingerprint density at radius 1 is 0.962 bits per heavy atom. The topological polar surface area (TPSA) is 43.6 Å². The Bertz CT molecular complexity index is 942. The summed E-state index contributed by atoms with van der Waals surface area (Å²) in [6.07, 6.45) is 1.38. The van der Waals surface area contributed by atoms with E-state index in [2.05, 4.69) is 15.1 Å². The zero-order valence-electron chi connectivity index (χ0n) is 14.2. The lowest BCUT2D eigenvalue weighted by Gasteiger charge is -2.18. The van der Waals surface area contributed by atoms with Crippen LogP contribution in [0.3, 0.4) is 0 Å². The number of aryl methyl sites for hydroxylation is 2. The van der Waals surface area contributed by atoms with Crippen molar-refractivity contribution in [3.05, 3.63) is 53.3 Å². The summed E-state index contributed by atoms with van der Waals surface area (Å²) in [6.45, 7) is 0. The van der Waals surface area contributed by atoms with Crippen LogP contribution in [0, 0.1) is 0 Å². The molecule has 4 nitrogen and oxygen atoms in total. The molecule has 2 heterocycles. The number of hydrogen-bond acceptors (Lipinski definition) is 3. The van der Waals surface area contributed by atoms with Crippen molar-refractivity contribution in [1.29, 1.82) is 0 Å². The van der Waals surface area contributed by atoms with E-state index < -0.39 is 11.7 Å². The first-order valence-electron chi connectivity index (χ1n) is 8.49. The van der Waals surface area contributed by atoms with Crippen LogP contribution in [0.2, 0.25) is 0 Å². The third kappa shape index (κ3) is 3.09. The van der Waals surface area contributed by atoms with Gasteiger partial charge in [0.1, 0.15) is 5.69 Å². The van der Waals surface area contributed by atoms with E-state index >= 15 is 0 Å². The summed E-state index contributed by atoms with van der Waals surface area (Å²) >= 11 is 0. The van der Waals surface area contributed by atoms with Crippen molar-refractivity contribution in [1.82, 2.24) is 19.7 Å². The Balaban J connectivity index is 1.82. The number of nitrogens with zero attached hydrogens (tertiary/aromatic N) is 4. The standard InChI is InChI=1S/C19H17F3N4/c1-26-11-10-16(25-26)17-14-4-2-3-5-15(14)23-18(24-17)12-6-8-13(9-7-12)19(20,21)22/h6-11H,2-5H2,1H3. The van der Waals surface area contributed by atoms with Gasteiger partial charge >= 0.3 is 6.18 Å². The van der Waals surface area contributed by atoms with Crippen molar-refractivity contribution in [3.63, 3.8) is 0 Å². The van der Waals surface area contributed by atoms with Gasteiger partial charge < -0.3 is 0 Å². The lowest BCUT2D eigenvalue weighted by molar-refractivity contribution is -0.137. The zero-order chi connectivity index (χ0) is 18.3. The lowest BCUT2D eigenvalue weighted by atomic mass is 9.93. The highest BCUT2D eigenvalue weighted by atomic mass is 19.4. The van der Waals surface area contributed by atoms with Gasteiger partial charge in [0.05, 0.1) is 11.3 Å². The van der Waals surface area contributed by atoms with Crippen molar-refractivity contribution in [3.8, 4) is 22.8 Å². The number of benzene rings is 1. The van der Waals surface area contributed by atoms with Crippen molar-refractivity contribution in [2.75, 3.05) is 0 Å². The predicted molar refractivity (Wildman–Crippen MR) is 91.3 cm³/mol. The summed E-state index contributed by atoms with van der Waals surface area (Å²) in [5.74, 6) is 0.444. The number of aromatic nitrogens is 4. The molecule has 0 saturated carbocycles. The number of rotatable bonds is 2. The molecule has 0 unspecified atom stereocenters. The first-order valence-corrected chi connectivity index (χ1v) is 8.49. The fourth-order valence-corrected chi connectivity index (χ4v) is 3.28. The van der Waals surface area contributed by atoms with Crippen LogP contribution in [0.1, 0.15) is 29.7 Å². The second-order valence-corrected chi connectivity index (χ2v) is 6.48. The summed E-state index contributed by atoms with van der Waals surface area (Å²) in [5, 5.41) is 4.45. The fourth-order valence-electron chi connectivity index (χ4n) is 3.28. The lowest BCUT2D eigenvalue weighted by Crippen LogP contribution is -2.11. The van der Waals surface area contributed by atoms with Gasteiger partial charge in [0, 0.05) is 30.1 Å². The maximum atomic E-state index is 12.8. The molecule has 0 N–H and O–H groups in total. The fraction of sp³-hybridized carbons (Fsp3) is 0.316. The van der Waals surface area contributed by atoms with Crippen LogP contribution >= 0.6 is 0 Å². The maximum absolute atomic E-state index is 12.8. The summed E-state index contributed by atoms with van der Waals surface area (Å²) in [4.78, 5) is 9.30. The highest BCUT2D eigenvalue weighted by Crippen LogP contribution is 2.33. The van der Waals surface area contributed by atoms with Crippen molar-refractivity contribution < 1.29 is 13.2 Å². The quantitative estimate of drug-likeness (QED) is 0.680. The molecule has 1 aliphatic carbocycles. The van der Waals surface area contributed by atoms with Crippen molar-refractivity contribution in [2.45, 2.75) is 31.9 Å². The summed E-state index contributed by atoms with van der Waals surface area (Å²) < 4.78 is 40.1. The Morgan fingerprint density at radius 3 is 2.35 bits per heavy atom. The molecule has 3 aromatic rings. The molecule has 0 atom stereocenters. The van der Waals surface area contributed by atoms with Crippen LogP contribution in [-0.2, 0) is 26.1 Å². The zero-order valence-corrected chi connectivity index (χ0v) is 14.2. The molecule has 7 heteroatoms. The molecule has 4 rings (SSSR count). The van der Waals surface area contributed by atoms with Gasteiger partial charge in [-0.2, -0.15) is 18.3 Å². The molecule has 134 valence electrons. The predicted octanol–water partition coefficient (Wildman–Crippen LogP) is 4.44. The minimum absolute atomic E-state index is 0.444. The highest BCUT2D eigenvalue weighted by molar-refractivity contribution is 5.65. The number of fused-ring (bicyclic) bond motifs is 1. The number of hydrogen-bond donors (Lipinski definition) is 0. The van der Waals surface area contributed by atoms with E-state index in [1.807, 2.05) is 19.3 Å². The third-order valence-corrected chi connectivity index (χ3v) is 4.61. The Kier molecular flexibility index (Phi) is 4.01. The van der Waals surface area contributed by atoms with E-state index in [9.17, 15) is 13.2 Å². The van der Waals surface area contributed by atoms with Crippen LogP contribution in [0.5, 0.6) is 0 Å². The van der Waals surface area contributed by atoms with E-state index in [-0.39, 0.29) is 0 Å². The first-order chi connectivity index (χ1) is 12.4. The van der Waals surface area contributed by atoms with Crippen molar-refractivity contribution in [2.24, 2.45) is 7.05 Å². The molecule has 0 bridgehead atoms. The van der Waals surface area contributed by atoms with E-state index in [1.165, 1.54) is 12.1 Å². The molecular weight excluding hydrogens is 341 g/mol. The molecular formula is C19H17F3N4. The minimum atomic E-state index is -4.35. The van der Waals surface area contributed by atoms with Gasteiger partial charge in [0.25, 0.3) is 0 Å². The normalized spacial score (nSPS) is 14.3. The van der Waals surface area contributed by atoms with Gasteiger partial charge in [-0.3, -0.25) is 4.68 Å². The average Bonchev–Trinajstić information content (AvgIpc) is 3.06. The second-order valence-electron chi connectivity index (χ2n) is 6.48. The van der Waals surface area contributed by atoms with Crippen molar-refractivity contribution >= 4 is 0 Å². The molecule has 0 fully saturated rings. The second kappa shape index (κ2) is 6.23. The maximum Gasteiger partial charge on any atom is 0.416 e. The van der Waals surface area contributed by atoms with Gasteiger partial charge in [-0.1, -0.05) is 12.1 Å². The van der Waals surface area contributed by atoms with Crippen LogP contribution in [0.4, 0.5) is 13.2 Å². The average molecular weight is 358 g/mol. The summed E-state index contributed by atoms with van der Waals surface area (Å²) in [5.41, 5.74) is 3.52. The van der Waals surface area contributed by atoms with Crippen LogP contribution in [-0.4, -0.2) is 19.7 Å². The molecule has 26 heavy (non-hydrogen) atoms. The van der Waals surface area contributed by atoms with Gasteiger partial charge in [0.2, 0.25) is 0 Å². The largest absolute Gasteiger partial charge is 0.416 e. The van der Waals surface area contributed by atoms with E-state index in [0.717, 1.165) is 60.5 Å². The molecule has 1 aromatic carbocycles. The van der Waals surface area contributed by atoms with Crippen LogP contribution < -0.4 is 0 Å². The van der Waals surface area contributed by atoms with Gasteiger partial charge in [-0.05, 0) is 43.9 Å². The molecule has 2 aromatic heterocycles. The molecule has 0 amide bonds. The number of alkyl halides is 3. The Morgan fingerprint density at radius 2 is 1.69 bits per heavy atom. The first kappa shape index (κ1) is 16.8. The van der Waals surface area contributed by atoms with Crippen LogP contribution in [0.25, 0.3) is 22.8 Å². The SMILES string of the molecule is Cn1ccc(-c2nc(-c3ccc(C(F)(F)F)cc3)nc3c2CCCC3)n1. The van der Waals surface area contributed by atoms with E-state index in [4.69, 9.17) is 0 Å². The van der Waals surface area contributed by atoms with Gasteiger partial charge in [-0.15, -0.1) is 0 Å². The minimum Gasteiger partial charge on any atom is -0.275 e. The summed E-state index contributed by atoms with van der Waals surface area (Å²) in [6, 6.07) is 6.88. The highest BCUT2D eigenvalue weighted by Gasteiger charge is 2.30. The van der Waals surface area contributed by atoms with Crippen LogP contribution in [0.15, 0.2) is 36.5 Å². The molecule has 0 aliphatic heterocycles. The van der Waals surface area contributed by atoms with Gasteiger partial charge in [-0.25, -0.2) is 9.97 Å². The molecule has 0 spiro atoms. The third-order valence-electron chi connectivity index (χ3n) is 4.61. The Hall–Kier alpha value is -2.70. The summed E-state index contributed by atoms with van der Waals surface area (Å²) in [7, 11) is 1.84. The van der Waals surface area contributed by atoms with E-state index in [1.54, 1.807) is 4.68 Å². The Labute approximate surface area is 148 Å². The smallest absolute Gasteiger partial charge is 0.275 e. The molecule has 0 radical (unpaired) electrons. The van der Waals surface area contributed by atoms with E-state index in [0.29, 0.717) is 11.4 Å². The number of halogens is 3. The monoisotopic (exact) mass is 358 g/mol. The van der Waals surface area contributed by atoms with Gasteiger partial charge in [0.15, 0.2) is 5.82 Å².